The molecule has 0 spiro atoms. The Hall–Kier alpha value is -2.71. The summed E-state index contributed by atoms with van der Waals surface area (Å²) >= 11 is 6.26. The second kappa shape index (κ2) is 7.91. The molecule has 0 aliphatic rings. The van der Waals surface area contributed by atoms with Crippen molar-refractivity contribution in [2.75, 3.05) is 0 Å². The van der Waals surface area contributed by atoms with E-state index in [1.165, 1.54) is 12.1 Å². The molecule has 4 nitrogen and oxygen atoms in total. The molecule has 0 saturated carbocycles. The Morgan fingerprint density at radius 2 is 1.92 bits per heavy atom. The summed E-state index contributed by atoms with van der Waals surface area (Å²) in [7, 11) is 0. The van der Waals surface area contributed by atoms with E-state index < -0.39 is 0 Å². The molecular weight excluding hydrogens is 339 g/mol. The van der Waals surface area contributed by atoms with Crippen molar-refractivity contribution in [2.24, 2.45) is 0 Å². The van der Waals surface area contributed by atoms with Gasteiger partial charge in [-0.1, -0.05) is 41.9 Å². The second-order valence-electron chi connectivity index (χ2n) is 5.68. The first-order valence-corrected chi connectivity index (χ1v) is 8.30. The Labute approximate surface area is 150 Å². The topological polar surface area (TPSA) is 54.5 Å². The van der Waals surface area contributed by atoms with Crippen molar-refractivity contribution in [1.82, 2.24) is 14.8 Å². The molecule has 25 heavy (non-hydrogen) atoms. The molecule has 1 heterocycles. The number of hydrogen-bond acceptors (Lipinski definition) is 3. The largest absolute Gasteiger partial charge is 0.252 e. The summed E-state index contributed by atoms with van der Waals surface area (Å²) in [5, 5.41) is 14.2. The van der Waals surface area contributed by atoms with E-state index in [0.717, 1.165) is 17.5 Å². The fourth-order valence-corrected chi connectivity index (χ4v) is 2.93. The molecule has 0 bridgehead atoms. The van der Waals surface area contributed by atoms with Crippen molar-refractivity contribution < 1.29 is 4.39 Å². The van der Waals surface area contributed by atoms with Crippen LogP contribution in [0.5, 0.6) is 0 Å². The van der Waals surface area contributed by atoms with Gasteiger partial charge in [-0.15, -0.1) is 0 Å². The Morgan fingerprint density at radius 1 is 1.16 bits per heavy atom. The Morgan fingerprint density at radius 3 is 2.64 bits per heavy atom. The van der Waals surface area contributed by atoms with Crippen LogP contribution in [0.3, 0.4) is 0 Å². The lowest BCUT2D eigenvalue weighted by Gasteiger charge is -2.12. The number of aromatic nitrogens is 3. The molecule has 2 aromatic carbocycles. The maximum Gasteiger partial charge on any atom is 0.159 e. The standard InChI is InChI=1S/C19H16ClFN4/c20-18-4-2-1-3-16(18)17(9-11-22)19-23-13-25(24-19)12-10-14-5-7-15(21)8-6-14/h1-8,13,17H,9-10,12H2. The van der Waals surface area contributed by atoms with Gasteiger partial charge in [0, 0.05) is 18.0 Å². The quantitative estimate of drug-likeness (QED) is 0.661. The van der Waals surface area contributed by atoms with Gasteiger partial charge in [0.05, 0.1) is 12.0 Å². The van der Waals surface area contributed by atoms with E-state index in [1.807, 2.05) is 18.2 Å². The number of benzene rings is 2. The number of aryl methyl sites for hydroxylation is 2. The summed E-state index contributed by atoms with van der Waals surface area (Å²) < 4.78 is 14.7. The van der Waals surface area contributed by atoms with Crippen LogP contribution in [0.25, 0.3) is 0 Å². The summed E-state index contributed by atoms with van der Waals surface area (Å²) in [6.07, 6.45) is 2.63. The highest BCUT2D eigenvalue weighted by Gasteiger charge is 2.20. The molecule has 6 heteroatoms. The molecule has 1 unspecified atom stereocenters. The number of nitrogens with zero attached hydrogens (tertiary/aromatic N) is 4. The minimum atomic E-state index is -0.259. The third kappa shape index (κ3) is 4.23. The fourth-order valence-electron chi connectivity index (χ4n) is 2.66. The highest BCUT2D eigenvalue weighted by molar-refractivity contribution is 6.31. The third-order valence-corrected chi connectivity index (χ3v) is 4.33. The first kappa shape index (κ1) is 17.1. The average Bonchev–Trinajstić information content (AvgIpc) is 3.09. The minimum absolute atomic E-state index is 0.245. The summed E-state index contributed by atoms with van der Waals surface area (Å²) in [5.74, 6) is 0.0744. The van der Waals surface area contributed by atoms with Crippen molar-refractivity contribution in [2.45, 2.75) is 25.3 Å². The Balaban J connectivity index is 1.75. The normalized spacial score (nSPS) is 11.9. The molecule has 3 aromatic rings. The zero-order valence-corrected chi connectivity index (χ0v) is 14.2. The molecule has 0 radical (unpaired) electrons. The van der Waals surface area contributed by atoms with Crippen LogP contribution >= 0.6 is 11.6 Å². The first-order chi connectivity index (χ1) is 12.2. The zero-order valence-electron chi connectivity index (χ0n) is 13.4. The summed E-state index contributed by atoms with van der Waals surface area (Å²) in [5.41, 5.74) is 1.88. The van der Waals surface area contributed by atoms with Crippen LogP contribution in [0.4, 0.5) is 4.39 Å². The Kier molecular flexibility index (Phi) is 5.42. The predicted octanol–water partition coefficient (Wildman–Crippen LogP) is 4.36. The van der Waals surface area contributed by atoms with Crippen LogP contribution in [0.2, 0.25) is 5.02 Å². The minimum Gasteiger partial charge on any atom is -0.252 e. The number of hydrogen-bond donors (Lipinski definition) is 0. The molecule has 0 N–H and O–H groups in total. The summed E-state index contributed by atoms with van der Waals surface area (Å²) in [6.45, 7) is 0.625. The van der Waals surface area contributed by atoms with E-state index in [4.69, 9.17) is 16.9 Å². The van der Waals surface area contributed by atoms with Gasteiger partial charge in [0.2, 0.25) is 0 Å². The van der Waals surface area contributed by atoms with Gasteiger partial charge in [-0.25, -0.2) is 9.37 Å². The third-order valence-electron chi connectivity index (χ3n) is 3.98. The van der Waals surface area contributed by atoms with Gasteiger partial charge in [-0.3, -0.25) is 4.68 Å². The van der Waals surface area contributed by atoms with Crippen molar-refractivity contribution in [1.29, 1.82) is 5.26 Å². The van der Waals surface area contributed by atoms with Crippen molar-refractivity contribution in [3.8, 4) is 6.07 Å². The highest BCUT2D eigenvalue weighted by Crippen LogP contribution is 2.30. The molecular formula is C19H16ClFN4. The van der Waals surface area contributed by atoms with Crippen LogP contribution in [-0.2, 0) is 13.0 Å². The van der Waals surface area contributed by atoms with E-state index in [1.54, 1.807) is 29.2 Å². The van der Waals surface area contributed by atoms with Gasteiger partial charge < -0.3 is 0 Å². The highest BCUT2D eigenvalue weighted by atomic mass is 35.5. The van der Waals surface area contributed by atoms with E-state index >= 15 is 0 Å². The van der Waals surface area contributed by atoms with Crippen LogP contribution in [0, 0.1) is 17.1 Å². The molecule has 0 amide bonds. The average molecular weight is 355 g/mol. The molecule has 126 valence electrons. The van der Waals surface area contributed by atoms with E-state index in [2.05, 4.69) is 16.2 Å². The van der Waals surface area contributed by atoms with Gasteiger partial charge in [0.25, 0.3) is 0 Å². The van der Waals surface area contributed by atoms with Crippen LogP contribution in [0.1, 0.15) is 29.3 Å². The van der Waals surface area contributed by atoms with Gasteiger partial charge in [-0.2, -0.15) is 10.4 Å². The lowest BCUT2D eigenvalue weighted by molar-refractivity contribution is 0.595. The lowest BCUT2D eigenvalue weighted by Crippen LogP contribution is -2.07. The first-order valence-electron chi connectivity index (χ1n) is 7.92. The molecule has 0 aliphatic heterocycles. The fraction of sp³-hybridized carbons (Fsp3) is 0.211. The molecule has 1 atom stereocenters. The van der Waals surface area contributed by atoms with Gasteiger partial charge in [0.1, 0.15) is 12.1 Å². The van der Waals surface area contributed by atoms with Gasteiger partial charge >= 0.3 is 0 Å². The zero-order chi connectivity index (χ0) is 17.6. The number of rotatable bonds is 6. The molecule has 3 rings (SSSR count). The van der Waals surface area contributed by atoms with Crippen molar-refractivity contribution in [3.05, 3.63) is 82.6 Å². The SMILES string of the molecule is N#CCC(c1ncn(CCc2ccc(F)cc2)n1)c1ccccc1Cl. The summed E-state index contributed by atoms with van der Waals surface area (Å²) in [6, 6.07) is 16.0. The number of halogens is 2. The van der Waals surface area contributed by atoms with Crippen LogP contribution in [-0.4, -0.2) is 14.8 Å². The molecule has 1 aromatic heterocycles. The van der Waals surface area contributed by atoms with Crippen LogP contribution < -0.4 is 0 Å². The molecule has 0 fully saturated rings. The monoisotopic (exact) mass is 354 g/mol. The molecule has 0 saturated heterocycles. The smallest absolute Gasteiger partial charge is 0.159 e. The van der Waals surface area contributed by atoms with Crippen molar-refractivity contribution in [3.63, 3.8) is 0 Å². The maximum absolute atomic E-state index is 12.9. The van der Waals surface area contributed by atoms with Crippen molar-refractivity contribution >= 4 is 11.6 Å². The predicted molar refractivity (Wildman–Crippen MR) is 93.7 cm³/mol. The van der Waals surface area contributed by atoms with Crippen LogP contribution in [0.15, 0.2) is 54.9 Å². The summed E-state index contributed by atoms with van der Waals surface area (Å²) in [4.78, 5) is 4.36. The maximum atomic E-state index is 12.9. The molecule has 0 aliphatic carbocycles. The lowest BCUT2D eigenvalue weighted by atomic mass is 9.95. The van der Waals surface area contributed by atoms with E-state index in [9.17, 15) is 4.39 Å². The van der Waals surface area contributed by atoms with E-state index in [-0.39, 0.29) is 18.2 Å². The second-order valence-corrected chi connectivity index (χ2v) is 6.09. The van der Waals surface area contributed by atoms with Gasteiger partial charge in [0.15, 0.2) is 5.82 Å². The van der Waals surface area contributed by atoms with E-state index in [0.29, 0.717) is 17.4 Å². The Bertz CT molecular complexity index is 883. The number of nitriles is 1. The van der Waals surface area contributed by atoms with Gasteiger partial charge in [-0.05, 0) is 35.7 Å².